The van der Waals surface area contributed by atoms with Crippen molar-refractivity contribution in [1.29, 1.82) is 0 Å². The van der Waals surface area contributed by atoms with E-state index in [0.717, 1.165) is 0 Å². The van der Waals surface area contributed by atoms with E-state index in [1.54, 1.807) is 18.2 Å². The molecule has 0 saturated heterocycles. The normalized spacial score (nSPS) is 12.5. The monoisotopic (exact) mass is 179 g/mol. The van der Waals surface area contributed by atoms with Gasteiger partial charge in [0.05, 0.1) is 11.7 Å². The van der Waals surface area contributed by atoms with Gasteiger partial charge in [-0.2, -0.15) is 0 Å². The number of aromatic nitrogens is 1. The summed E-state index contributed by atoms with van der Waals surface area (Å²) in [7, 11) is 0. The zero-order chi connectivity index (χ0) is 9.84. The second-order valence-electron chi connectivity index (χ2n) is 2.85. The number of pyridine rings is 1. The number of nitrogens with two attached hydrogens (primary N) is 2. The number of rotatable bonds is 3. The zero-order valence-corrected chi connectivity index (χ0v) is 7.53. The van der Waals surface area contributed by atoms with Gasteiger partial charge in [0.2, 0.25) is 0 Å². The summed E-state index contributed by atoms with van der Waals surface area (Å²) in [6.07, 6.45) is 0. The Morgan fingerprint density at radius 2 is 2.31 bits per heavy atom. The van der Waals surface area contributed by atoms with Crippen LogP contribution in [-0.2, 0) is 0 Å². The van der Waals surface area contributed by atoms with Gasteiger partial charge in [-0.3, -0.25) is 4.79 Å². The average molecular weight is 179 g/mol. The molecule has 0 radical (unpaired) electrons. The Morgan fingerprint density at radius 3 is 2.85 bits per heavy atom. The first-order valence-electron chi connectivity index (χ1n) is 4.08. The summed E-state index contributed by atoms with van der Waals surface area (Å²) in [5.74, 6) is -0.0638. The Kier molecular flexibility index (Phi) is 3.11. The third kappa shape index (κ3) is 2.34. The molecule has 1 aromatic rings. The lowest BCUT2D eigenvalue weighted by Crippen LogP contribution is -2.22. The topological polar surface area (TPSA) is 82.0 Å². The van der Waals surface area contributed by atoms with Crippen molar-refractivity contribution in [2.24, 2.45) is 11.5 Å². The molecule has 4 N–H and O–H groups in total. The van der Waals surface area contributed by atoms with Gasteiger partial charge in [-0.15, -0.1) is 0 Å². The van der Waals surface area contributed by atoms with Gasteiger partial charge in [0, 0.05) is 13.5 Å². The van der Waals surface area contributed by atoms with Gasteiger partial charge in [-0.1, -0.05) is 6.07 Å². The molecule has 1 unspecified atom stereocenters. The zero-order valence-electron chi connectivity index (χ0n) is 7.53. The quantitative estimate of drug-likeness (QED) is 0.651. The van der Waals surface area contributed by atoms with Crippen LogP contribution in [0.15, 0.2) is 18.2 Å². The largest absolute Gasteiger partial charge is 0.329 e. The number of carbonyl (C=O) groups is 1. The summed E-state index contributed by atoms with van der Waals surface area (Å²) < 4.78 is 0. The summed E-state index contributed by atoms with van der Waals surface area (Å²) in [6.45, 7) is 1.80. The Hall–Kier alpha value is -1.26. The predicted octanol–water partition coefficient (Wildman–Crippen LogP) is 0.243. The van der Waals surface area contributed by atoms with E-state index in [1.807, 2.05) is 0 Å². The maximum Gasteiger partial charge on any atom is 0.178 e. The van der Waals surface area contributed by atoms with Crippen LogP contribution >= 0.6 is 0 Å². The van der Waals surface area contributed by atoms with Crippen LogP contribution in [-0.4, -0.2) is 17.3 Å². The van der Waals surface area contributed by atoms with Crippen LogP contribution in [0, 0.1) is 0 Å². The minimum atomic E-state index is -0.292. The van der Waals surface area contributed by atoms with Crippen molar-refractivity contribution in [1.82, 2.24) is 4.98 Å². The minimum absolute atomic E-state index is 0.0638. The molecule has 0 fully saturated rings. The third-order valence-electron chi connectivity index (χ3n) is 1.77. The van der Waals surface area contributed by atoms with Crippen molar-refractivity contribution >= 4 is 5.78 Å². The first-order valence-corrected chi connectivity index (χ1v) is 4.08. The second kappa shape index (κ2) is 4.11. The fraction of sp³-hybridized carbons (Fsp3) is 0.333. The summed E-state index contributed by atoms with van der Waals surface area (Å²) in [5.41, 5.74) is 12.1. The van der Waals surface area contributed by atoms with Gasteiger partial charge in [-0.25, -0.2) is 4.98 Å². The maximum absolute atomic E-state index is 11.0. The molecule has 0 amide bonds. The molecule has 1 heterocycles. The highest BCUT2D eigenvalue weighted by molar-refractivity contribution is 5.92. The Labute approximate surface area is 77.0 Å². The van der Waals surface area contributed by atoms with E-state index in [0.29, 0.717) is 17.9 Å². The molecule has 4 heteroatoms. The molecule has 0 aliphatic carbocycles. The van der Waals surface area contributed by atoms with E-state index in [-0.39, 0.29) is 11.8 Å². The number of hydrogen-bond acceptors (Lipinski definition) is 4. The van der Waals surface area contributed by atoms with Crippen molar-refractivity contribution in [3.8, 4) is 0 Å². The van der Waals surface area contributed by atoms with Crippen molar-refractivity contribution in [2.75, 3.05) is 6.54 Å². The molecule has 0 aromatic carbocycles. The van der Waals surface area contributed by atoms with Gasteiger partial charge >= 0.3 is 0 Å². The number of nitrogens with zero attached hydrogens (tertiary/aromatic N) is 1. The molecule has 70 valence electrons. The van der Waals surface area contributed by atoms with E-state index in [1.165, 1.54) is 6.92 Å². The summed E-state index contributed by atoms with van der Waals surface area (Å²) in [5, 5.41) is 0. The second-order valence-corrected chi connectivity index (χ2v) is 2.85. The smallest absolute Gasteiger partial charge is 0.178 e. The van der Waals surface area contributed by atoms with E-state index < -0.39 is 0 Å². The highest BCUT2D eigenvalue weighted by Gasteiger charge is 2.07. The van der Waals surface area contributed by atoms with Crippen LogP contribution in [0.25, 0.3) is 0 Å². The van der Waals surface area contributed by atoms with Crippen LogP contribution in [0.2, 0.25) is 0 Å². The SMILES string of the molecule is CC(=O)c1cccc(C(N)CN)n1. The molecule has 0 saturated carbocycles. The number of carbonyl (C=O) groups excluding carboxylic acids is 1. The van der Waals surface area contributed by atoms with Crippen molar-refractivity contribution < 1.29 is 4.79 Å². The Balaban J connectivity index is 2.98. The van der Waals surface area contributed by atoms with Crippen LogP contribution in [0.4, 0.5) is 0 Å². The van der Waals surface area contributed by atoms with Crippen molar-refractivity contribution in [3.05, 3.63) is 29.6 Å². The van der Waals surface area contributed by atoms with E-state index >= 15 is 0 Å². The van der Waals surface area contributed by atoms with Gasteiger partial charge in [0.1, 0.15) is 5.69 Å². The summed E-state index contributed by atoms with van der Waals surface area (Å²) >= 11 is 0. The molecule has 4 nitrogen and oxygen atoms in total. The summed E-state index contributed by atoms with van der Waals surface area (Å²) in [4.78, 5) is 15.1. The van der Waals surface area contributed by atoms with Gasteiger partial charge < -0.3 is 11.5 Å². The van der Waals surface area contributed by atoms with Crippen molar-refractivity contribution in [3.63, 3.8) is 0 Å². The highest BCUT2D eigenvalue weighted by atomic mass is 16.1. The molecule has 0 bridgehead atoms. The third-order valence-corrected chi connectivity index (χ3v) is 1.77. The van der Waals surface area contributed by atoms with Crippen molar-refractivity contribution in [2.45, 2.75) is 13.0 Å². The van der Waals surface area contributed by atoms with E-state index in [9.17, 15) is 4.79 Å². The molecule has 0 spiro atoms. The highest BCUT2D eigenvalue weighted by Crippen LogP contribution is 2.06. The molecule has 1 atom stereocenters. The molecule has 1 aromatic heterocycles. The lowest BCUT2D eigenvalue weighted by Gasteiger charge is -2.08. The molecule has 13 heavy (non-hydrogen) atoms. The number of Topliss-reactive ketones (excluding diaryl/α,β-unsaturated/α-hetero) is 1. The van der Waals surface area contributed by atoms with Crippen LogP contribution in [0.3, 0.4) is 0 Å². The van der Waals surface area contributed by atoms with E-state index in [2.05, 4.69) is 4.98 Å². The first-order chi connectivity index (χ1) is 6.15. The van der Waals surface area contributed by atoms with Gasteiger partial charge in [0.15, 0.2) is 5.78 Å². The molecular weight excluding hydrogens is 166 g/mol. The molecule has 1 rings (SSSR count). The summed E-state index contributed by atoms with van der Waals surface area (Å²) in [6, 6.07) is 4.90. The average Bonchev–Trinajstić information content (AvgIpc) is 2.17. The predicted molar refractivity (Wildman–Crippen MR) is 50.2 cm³/mol. The lowest BCUT2D eigenvalue weighted by atomic mass is 10.2. The first kappa shape index (κ1) is 9.83. The number of hydrogen-bond donors (Lipinski definition) is 2. The molecule has 0 aliphatic heterocycles. The fourth-order valence-corrected chi connectivity index (χ4v) is 0.975. The van der Waals surface area contributed by atoms with Crippen LogP contribution < -0.4 is 11.5 Å². The van der Waals surface area contributed by atoms with Crippen LogP contribution in [0.1, 0.15) is 29.1 Å². The minimum Gasteiger partial charge on any atom is -0.329 e. The number of ketones is 1. The van der Waals surface area contributed by atoms with Crippen LogP contribution in [0.5, 0.6) is 0 Å². The fourth-order valence-electron chi connectivity index (χ4n) is 0.975. The standard InChI is InChI=1S/C9H13N3O/c1-6(13)8-3-2-4-9(12-8)7(11)5-10/h2-4,7H,5,10-11H2,1H3. The Morgan fingerprint density at radius 1 is 1.62 bits per heavy atom. The molecular formula is C9H13N3O. The van der Waals surface area contributed by atoms with Gasteiger partial charge in [-0.05, 0) is 12.1 Å². The van der Waals surface area contributed by atoms with E-state index in [4.69, 9.17) is 11.5 Å². The molecule has 0 aliphatic rings. The lowest BCUT2D eigenvalue weighted by molar-refractivity contribution is 0.101. The van der Waals surface area contributed by atoms with Gasteiger partial charge in [0.25, 0.3) is 0 Å². The Bertz CT molecular complexity index is 311. The maximum atomic E-state index is 11.0.